The van der Waals surface area contributed by atoms with Gasteiger partial charge in [0.05, 0.1) is 16.7 Å². The van der Waals surface area contributed by atoms with E-state index in [0.29, 0.717) is 0 Å². The highest BCUT2D eigenvalue weighted by atomic mass is 32.1. The molecule has 0 saturated carbocycles. The van der Waals surface area contributed by atoms with Crippen molar-refractivity contribution in [2.45, 2.75) is 26.8 Å². The number of nitrogens with one attached hydrogen (secondary N) is 1. The van der Waals surface area contributed by atoms with Crippen LogP contribution in [-0.4, -0.2) is 4.98 Å². The van der Waals surface area contributed by atoms with E-state index < -0.39 is 0 Å². The van der Waals surface area contributed by atoms with Crippen LogP contribution in [0.25, 0.3) is 0 Å². The number of thiazole rings is 1. The predicted molar refractivity (Wildman–Crippen MR) is 74.5 cm³/mol. The number of anilines is 2. The van der Waals surface area contributed by atoms with Crippen molar-refractivity contribution in [3.05, 3.63) is 39.8 Å². The largest absolute Gasteiger partial charge is 0.399 e. The summed E-state index contributed by atoms with van der Waals surface area (Å²) >= 11 is 1.74. The van der Waals surface area contributed by atoms with Gasteiger partial charge < -0.3 is 11.1 Å². The zero-order valence-corrected chi connectivity index (χ0v) is 11.1. The number of nitrogens with two attached hydrogens (primary N) is 1. The Balaban J connectivity index is 2.16. The highest BCUT2D eigenvalue weighted by molar-refractivity contribution is 7.11. The Kier molecular flexibility index (Phi) is 3.33. The van der Waals surface area contributed by atoms with Crippen molar-refractivity contribution in [1.82, 2.24) is 4.98 Å². The second kappa shape index (κ2) is 4.75. The van der Waals surface area contributed by atoms with Crippen LogP contribution < -0.4 is 11.1 Å². The standard InChI is InChI=1S/C13H17N3S/c1-8-13(17-10(3)15-8)9(2)16-12-6-4-5-11(14)7-12/h4-7,9,16H,14H2,1-3H3. The van der Waals surface area contributed by atoms with Crippen LogP contribution in [0.4, 0.5) is 11.4 Å². The van der Waals surface area contributed by atoms with Crippen LogP contribution in [0, 0.1) is 13.8 Å². The molecular weight excluding hydrogens is 230 g/mol. The number of hydrogen-bond donors (Lipinski definition) is 2. The number of benzene rings is 1. The summed E-state index contributed by atoms with van der Waals surface area (Å²) in [6.45, 7) is 6.23. The fourth-order valence-corrected chi connectivity index (χ4v) is 2.82. The summed E-state index contributed by atoms with van der Waals surface area (Å²) in [4.78, 5) is 5.73. The smallest absolute Gasteiger partial charge is 0.0900 e. The van der Waals surface area contributed by atoms with Gasteiger partial charge in [-0.15, -0.1) is 11.3 Å². The van der Waals surface area contributed by atoms with Crippen molar-refractivity contribution in [2.24, 2.45) is 0 Å². The van der Waals surface area contributed by atoms with Crippen LogP contribution >= 0.6 is 11.3 Å². The summed E-state index contributed by atoms with van der Waals surface area (Å²) in [5.74, 6) is 0. The van der Waals surface area contributed by atoms with E-state index in [2.05, 4.69) is 24.1 Å². The van der Waals surface area contributed by atoms with Gasteiger partial charge in [-0.25, -0.2) is 4.98 Å². The first-order valence-corrected chi connectivity index (χ1v) is 6.44. The van der Waals surface area contributed by atoms with Gasteiger partial charge in [-0.05, 0) is 39.0 Å². The van der Waals surface area contributed by atoms with Crippen LogP contribution in [0.15, 0.2) is 24.3 Å². The lowest BCUT2D eigenvalue weighted by Gasteiger charge is -2.14. The minimum atomic E-state index is 0.253. The van der Waals surface area contributed by atoms with E-state index in [1.165, 1.54) is 4.88 Å². The maximum absolute atomic E-state index is 5.76. The first-order chi connectivity index (χ1) is 8.06. The molecule has 3 N–H and O–H groups in total. The summed E-state index contributed by atoms with van der Waals surface area (Å²) in [5, 5.41) is 4.55. The third-order valence-electron chi connectivity index (χ3n) is 2.60. The van der Waals surface area contributed by atoms with E-state index >= 15 is 0 Å². The molecule has 2 aromatic rings. The maximum atomic E-state index is 5.76. The van der Waals surface area contributed by atoms with Crippen molar-refractivity contribution in [3.63, 3.8) is 0 Å². The van der Waals surface area contributed by atoms with E-state index in [9.17, 15) is 0 Å². The molecule has 3 nitrogen and oxygen atoms in total. The molecule has 4 heteroatoms. The lowest BCUT2D eigenvalue weighted by Crippen LogP contribution is -2.06. The van der Waals surface area contributed by atoms with Gasteiger partial charge >= 0.3 is 0 Å². The fourth-order valence-electron chi connectivity index (χ4n) is 1.89. The Labute approximate surface area is 106 Å². The fraction of sp³-hybridized carbons (Fsp3) is 0.308. The number of nitrogens with zero attached hydrogens (tertiary/aromatic N) is 1. The normalized spacial score (nSPS) is 12.4. The summed E-state index contributed by atoms with van der Waals surface area (Å²) < 4.78 is 0. The van der Waals surface area contributed by atoms with Crippen molar-refractivity contribution in [2.75, 3.05) is 11.1 Å². The van der Waals surface area contributed by atoms with Gasteiger partial charge in [0.2, 0.25) is 0 Å². The van der Waals surface area contributed by atoms with E-state index in [0.717, 1.165) is 22.1 Å². The Morgan fingerprint density at radius 3 is 2.71 bits per heavy atom. The van der Waals surface area contributed by atoms with E-state index in [1.54, 1.807) is 11.3 Å². The number of nitrogen functional groups attached to an aromatic ring is 1. The highest BCUT2D eigenvalue weighted by Crippen LogP contribution is 2.27. The summed E-state index contributed by atoms with van der Waals surface area (Å²) in [5.41, 5.74) is 8.69. The lowest BCUT2D eigenvalue weighted by atomic mass is 10.2. The van der Waals surface area contributed by atoms with E-state index in [1.807, 2.05) is 31.2 Å². The molecule has 0 radical (unpaired) electrons. The monoisotopic (exact) mass is 247 g/mol. The molecule has 0 spiro atoms. The molecule has 1 aromatic carbocycles. The first kappa shape index (κ1) is 11.9. The Bertz CT molecular complexity index is 519. The molecule has 1 unspecified atom stereocenters. The first-order valence-electron chi connectivity index (χ1n) is 5.62. The van der Waals surface area contributed by atoms with Gasteiger partial charge in [0, 0.05) is 16.3 Å². The Hall–Kier alpha value is -1.55. The number of aryl methyl sites for hydroxylation is 2. The third-order valence-corrected chi connectivity index (χ3v) is 3.86. The predicted octanol–water partition coefficient (Wildman–Crippen LogP) is 3.52. The van der Waals surface area contributed by atoms with Crippen molar-refractivity contribution >= 4 is 22.7 Å². The van der Waals surface area contributed by atoms with Crippen molar-refractivity contribution < 1.29 is 0 Å². The molecule has 1 aromatic heterocycles. The van der Waals surface area contributed by atoms with Gasteiger partial charge in [-0.3, -0.25) is 0 Å². The number of rotatable bonds is 3. The molecule has 0 fully saturated rings. The van der Waals surface area contributed by atoms with Gasteiger partial charge in [-0.1, -0.05) is 6.07 Å². The Morgan fingerprint density at radius 2 is 2.12 bits per heavy atom. The lowest BCUT2D eigenvalue weighted by molar-refractivity contribution is 0.890. The molecule has 0 aliphatic carbocycles. The minimum absolute atomic E-state index is 0.253. The second-order valence-electron chi connectivity index (χ2n) is 4.17. The zero-order chi connectivity index (χ0) is 12.4. The van der Waals surface area contributed by atoms with Crippen molar-refractivity contribution in [1.29, 1.82) is 0 Å². The molecule has 0 aliphatic heterocycles. The average molecular weight is 247 g/mol. The quantitative estimate of drug-likeness (QED) is 0.816. The van der Waals surface area contributed by atoms with Gasteiger partial charge in [-0.2, -0.15) is 0 Å². The molecule has 1 atom stereocenters. The average Bonchev–Trinajstić information content (AvgIpc) is 2.58. The highest BCUT2D eigenvalue weighted by Gasteiger charge is 2.12. The summed E-state index contributed by atoms with van der Waals surface area (Å²) in [6, 6.07) is 8.06. The van der Waals surface area contributed by atoms with Crippen LogP contribution in [0.2, 0.25) is 0 Å². The maximum Gasteiger partial charge on any atom is 0.0900 e. The summed E-state index contributed by atoms with van der Waals surface area (Å²) in [6.07, 6.45) is 0. The molecule has 90 valence electrons. The molecular formula is C13H17N3S. The minimum Gasteiger partial charge on any atom is -0.399 e. The molecule has 17 heavy (non-hydrogen) atoms. The van der Waals surface area contributed by atoms with Crippen LogP contribution in [0.5, 0.6) is 0 Å². The third kappa shape index (κ3) is 2.77. The van der Waals surface area contributed by atoms with Crippen LogP contribution in [0.1, 0.15) is 28.5 Å². The molecule has 1 heterocycles. The SMILES string of the molecule is Cc1nc(C)c(C(C)Nc2cccc(N)c2)s1. The molecule has 0 aliphatic rings. The van der Waals surface area contributed by atoms with E-state index in [-0.39, 0.29) is 6.04 Å². The zero-order valence-electron chi connectivity index (χ0n) is 10.3. The molecule has 2 rings (SSSR count). The Morgan fingerprint density at radius 1 is 1.35 bits per heavy atom. The van der Waals surface area contributed by atoms with Crippen molar-refractivity contribution in [3.8, 4) is 0 Å². The van der Waals surface area contributed by atoms with E-state index in [4.69, 9.17) is 5.73 Å². The molecule has 0 amide bonds. The van der Waals surface area contributed by atoms with Crippen LogP contribution in [0.3, 0.4) is 0 Å². The van der Waals surface area contributed by atoms with Gasteiger partial charge in [0.1, 0.15) is 0 Å². The molecule has 0 saturated heterocycles. The molecule has 0 bridgehead atoms. The van der Waals surface area contributed by atoms with Gasteiger partial charge in [0.15, 0.2) is 0 Å². The van der Waals surface area contributed by atoms with Gasteiger partial charge in [0.25, 0.3) is 0 Å². The topological polar surface area (TPSA) is 50.9 Å². The summed E-state index contributed by atoms with van der Waals surface area (Å²) in [7, 11) is 0. The second-order valence-corrected chi connectivity index (χ2v) is 5.41. The number of aromatic nitrogens is 1. The van der Waals surface area contributed by atoms with Crippen LogP contribution in [-0.2, 0) is 0 Å². The number of hydrogen-bond acceptors (Lipinski definition) is 4.